The van der Waals surface area contributed by atoms with E-state index < -0.39 is 29.7 Å². The molecule has 0 N–H and O–H groups in total. The maximum absolute atomic E-state index is 12.3. The number of amides is 2. The minimum atomic E-state index is -0.914. The molecule has 0 fully saturated rings. The van der Waals surface area contributed by atoms with E-state index in [2.05, 4.69) is 4.84 Å². The molecule has 0 radical (unpaired) electrons. The third kappa shape index (κ3) is 4.13. The zero-order chi connectivity index (χ0) is 20.1. The van der Waals surface area contributed by atoms with Crippen LogP contribution in [-0.4, -0.2) is 48.0 Å². The highest BCUT2D eigenvalue weighted by atomic mass is 16.7. The molecule has 0 aromatic heterocycles. The summed E-state index contributed by atoms with van der Waals surface area (Å²) in [5.41, 5.74) is -0.739. The van der Waals surface area contributed by atoms with Gasteiger partial charge in [-0.15, -0.1) is 0 Å². The van der Waals surface area contributed by atoms with Crippen LogP contribution in [0.1, 0.15) is 75.0 Å². The van der Waals surface area contributed by atoms with Gasteiger partial charge in [-0.3, -0.25) is 9.59 Å². The molecule has 2 amide bonds. The smallest absolute Gasteiger partial charge is 0.339 e. The van der Waals surface area contributed by atoms with Gasteiger partial charge in [-0.1, -0.05) is 18.9 Å². The van der Waals surface area contributed by atoms with Crippen LogP contribution in [0.25, 0.3) is 0 Å². The molecule has 0 unspecified atom stereocenters. The fourth-order valence-corrected chi connectivity index (χ4v) is 2.36. The highest BCUT2D eigenvalue weighted by Gasteiger charge is 2.40. The molecule has 9 heteroatoms. The van der Waals surface area contributed by atoms with Gasteiger partial charge in [0.15, 0.2) is 0 Å². The number of carbonyl (C=O) groups excluding carboxylic acids is 5. The highest BCUT2D eigenvalue weighted by molar-refractivity contribution is 6.22. The van der Waals surface area contributed by atoms with Gasteiger partial charge in [0, 0.05) is 6.92 Å². The van der Waals surface area contributed by atoms with Crippen molar-refractivity contribution in [2.45, 2.75) is 33.6 Å². The van der Waals surface area contributed by atoms with Crippen molar-refractivity contribution in [3.05, 3.63) is 34.4 Å². The van der Waals surface area contributed by atoms with Crippen molar-refractivity contribution >= 4 is 29.7 Å². The summed E-state index contributed by atoms with van der Waals surface area (Å²) in [5.74, 6) is -4.34. The number of carbonyl (C=O) groups is 5. The minimum Gasteiger partial charge on any atom is -0.462 e. The number of hydrogen-bond donors (Lipinski definition) is 0. The van der Waals surface area contributed by atoms with E-state index in [0.29, 0.717) is 12.8 Å². The Balaban J connectivity index is 2.51. The summed E-state index contributed by atoms with van der Waals surface area (Å²) >= 11 is 0. The fourth-order valence-electron chi connectivity index (χ4n) is 2.36. The second-order valence-corrected chi connectivity index (χ2v) is 5.70. The lowest BCUT2D eigenvalue weighted by Crippen LogP contribution is -2.31. The average Bonchev–Trinajstić information content (AvgIpc) is 2.87. The summed E-state index contributed by atoms with van der Waals surface area (Å²) in [6, 6.07) is 2.17. The van der Waals surface area contributed by atoms with Crippen molar-refractivity contribution in [3.63, 3.8) is 0 Å². The molecule has 1 aliphatic heterocycles. The summed E-state index contributed by atoms with van der Waals surface area (Å²) in [7, 11) is 0. The number of rotatable bonds is 7. The SMILES string of the molecule is CCCOC(=O)c1cc2c(cc1C(=O)OCCC)C(=O)N(OC(C)=O)C2=O. The molecule has 27 heavy (non-hydrogen) atoms. The van der Waals surface area contributed by atoms with Crippen molar-refractivity contribution in [3.8, 4) is 0 Å². The van der Waals surface area contributed by atoms with Gasteiger partial charge < -0.3 is 14.3 Å². The normalized spacial score (nSPS) is 12.6. The summed E-state index contributed by atoms with van der Waals surface area (Å²) < 4.78 is 10.1. The largest absolute Gasteiger partial charge is 0.462 e. The third-order valence-corrected chi connectivity index (χ3v) is 3.52. The van der Waals surface area contributed by atoms with Crippen LogP contribution in [-0.2, 0) is 19.1 Å². The molecule has 1 aromatic carbocycles. The van der Waals surface area contributed by atoms with Crippen molar-refractivity contribution in [1.29, 1.82) is 0 Å². The molecular formula is C18H19NO8. The molecule has 1 heterocycles. The van der Waals surface area contributed by atoms with Crippen molar-refractivity contribution in [2.75, 3.05) is 13.2 Å². The summed E-state index contributed by atoms with van der Waals surface area (Å²) in [6.07, 6.45) is 1.12. The Hall–Kier alpha value is -3.23. The molecule has 0 saturated carbocycles. The Bertz CT molecular complexity index is 755. The molecule has 0 spiro atoms. The molecule has 1 aromatic rings. The molecule has 0 saturated heterocycles. The van der Waals surface area contributed by atoms with E-state index in [4.69, 9.17) is 9.47 Å². The lowest BCUT2D eigenvalue weighted by molar-refractivity contribution is -0.165. The Labute approximate surface area is 155 Å². The van der Waals surface area contributed by atoms with Crippen LogP contribution in [0.4, 0.5) is 0 Å². The van der Waals surface area contributed by atoms with Crippen LogP contribution in [0.15, 0.2) is 12.1 Å². The molecule has 0 atom stereocenters. The van der Waals surface area contributed by atoms with Gasteiger partial charge in [-0.25, -0.2) is 14.4 Å². The zero-order valence-electron chi connectivity index (χ0n) is 15.2. The number of benzene rings is 1. The molecule has 0 aliphatic carbocycles. The van der Waals surface area contributed by atoms with E-state index in [1.807, 2.05) is 0 Å². The second-order valence-electron chi connectivity index (χ2n) is 5.70. The van der Waals surface area contributed by atoms with Crippen LogP contribution in [0.2, 0.25) is 0 Å². The van der Waals surface area contributed by atoms with Gasteiger partial charge in [0.1, 0.15) is 0 Å². The Kier molecular flexibility index (Phi) is 6.27. The molecule has 144 valence electrons. The van der Waals surface area contributed by atoms with Gasteiger partial charge in [-0.05, 0) is 25.0 Å². The maximum Gasteiger partial charge on any atom is 0.339 e. The van der Waals surface area contributed by atoms with Crippen molar-refractivity contribution in [2.24, 2.45) is 0 Å². The number of imide groups is 1. The van der Waals surface area contributed by atoms with E-state index in [1.165, 1.54) is 0 Å². The predicted octanol–water partition coefficient (Wildman–Crippen LogP) is 1.89. The summed E-state index contributed by atoms with van der Waals surface area (Å²) in [6.45, 7) is 4.86. The number of ether oxygens (including phenoxy) is 2. The number of hydrogen-bond acceptors (Lipinski definition) is 8. The van der Waals surface area contributed by atoms with E-state index >= 15 is 0 Å². The fraction of sp³-hybridized carbons (Fsp3) is 0.389. The molecular weight excluding hydrogens is 358 g/mol. The first kappa shape index (κ1) is 20.1. The monoisotopic (exact) mass is 377 g/mol. The van der Waals surface area contributed by atoms with Crippen LogP contribution in [0.3, 0.4) is 0 Å². The lowest BCUT2D eigenvalue weighted by Gasteiger charge is -2.10. The number of nitrogens with zero attached hydrogens (tertiary/aromatic N) is 1. The van der Waals surface area contributed by atoms with Crippen LogP contribution >= 0.6 is 0 Å². The van der Waals surface area contributed by atoms with E-state index in [9.17, 15) is 24.0 Å². The average molecular weight is 377 g/mol. The number of hydroxylamine groups is 2. The first-order valence-electron chi connectivity index (χ1n) is 8.41. The quantitative estimate of drug-likeness (QED) is 0.522. The maximum atomic E-state index is 12.3. The van der Waals surface area contributed by atoms with Gasteiger partial charge in [0.05, 0.1) is 35.5 Å². The van der Waals surface area contributed by atoms with Crippen LogP contribution < -0.4 is 0 Å². The van der Waals surface area contributed by atoms with Crippen LogP contribution in [0.5, 0.6) is 0 Å². The van der Waals surface area contributed by atoms with Gasteiger partial charge in [0.25, 0.3) is 11.8 Å². The first-order chi connectivity index (χ1) is 12.8. The van der Waals surface area contributed by atoms with E-state index in [-0.39, 0.29) is 40.5 Å². The Morgan fingerprint density at radius 3 is 1.59 bits per heavy atom. The van der Waals surface area contributed by atoms with E-state index in [1.54, 1.807) is 13.8 Å². The number of fused-ring (bicyclic) bond motifs is 1. The summed E-state index contributed by atoms with van der Waals surface area (Å²) in [5, 5.41) is 0.287. The molecule has 1 aliphatic rings. The van der Waals surface area contributed by atoms with Gasteiger partial charge in [0.2, 0.25) is 0 Å². The van der Waals surface area contributed by atoms with Crippen molar-refractivity contribution in [1.82, 2.24) is 5.06 Å². The second kappa shape index (κ2) is 8.43. The zero-order valence-corrected chi connectivity index (χ0v) is 15.2. The summed E-state index contributed by atoms with van der Waals surface area (Å²) in [4.78, 5) is 65.1. The lowest BCUT2D eigenvalue weighted by atomic mass is 9.99. The minimum absolute atomic E-state index is 0.117. The highest BCUT2D eigenvalue weighted by Crippen LogP contribution is 2.28. The predicted molar refractivity (Wildman–Crippen MR) is 89.9 cm³/mol. The standard InChI is InChI=1S/C18H19NO8/c1-4-6-25-17(23)13-8-11-12(9-14(13)18(24)26-7-5-2)16(22)19(15(11)21)27-10(3)20/h8-9H,4-7H2,1-3H3. The molecule has 2 rings (SSSR count). The van der Waals surface area contributed by atoms with E-state index in [0.717, 1.165) is 19.1 Å². The van der Waals surface area contributed by atoms with Gasteiger partial charge in [-0.2, -0.15) is 0 Å². The topological polar surface area (TPSA) is 116 Å². The first-order valence-corrected chi connectivity index (χ1v) is 8.41. The third-order valence-electron chi connectivity index (χ3n) is 3.52. The number of esters is 2. The Morgan fingerprint density at radius 1 is 0.852 bits per heavy atom. The molecule has 0 bridgehead atoms. The van der Waals surface area contributed by atoms with Crippen molar-refractivity contribution < 1.29 is 38.3 Å². The van der Waals surface area contributed by atoms with Crippen LogP contribution in [0, 0.1) is 0 Å². The molecule has 9 nitrogen and oxygen atoms in total. The van der Waals surface area contributed by atoms with Gasteiger partial charge >= 0.3 is 17.9 Å². The Morgan fingerprint density at radius 2 is 1.26 bits per heavy atom.